The van der Waals surface area contributed by atoms with Crippen LogP contribution in [0.4, 0.5) is 0 Å². The van der Waals surface area contributed by atoms with Crippen molar-refractivity contribution >= 4 is 0 Å². The standard InChI is InChI=1S/C23H20N2/c1-14-9-11-24-22(14)19-8-7-18-17-6-4-3-5-16(17)13-20(18)21(19)23-15(2)10-12-25-23/h3-12,24-25H,13H2,1-2H3. The maximum Gasteiger partial charge on any atom is 0.0493 e. The van der Waals surface area contributed by atoms with Crippen molar-refractivity contribution < 1.29 is 0 Å². The summed E-state index contributed by atoms with van der Waals surface area (Å²) in [7, 11) is 0. The van der Waals surface area contributed by atoms with Crippen LogP contribution in [0.1, 0.15) is 22.3 Å². The molecule has 4 aromatic rings. The van der Waals surface area contributed by atoms with E-state index in [0.29, 0.717) is 0 Å². The van der Waals surface area contributed by atoms with Crippen LogP contribution >= 0.6 is 0 Å². The number of aryl methyl sites for hydroxylation is 2. The molecule has 0 aliphatic heterocycles. The fraction of sp³-hybridized carbons (Fsp3) is 0.130. The lowest BCUT2D eigenvalue weighted by Crippen LogP contribution is -1.95. The Hall–Kier alpha value is -3.00. The lowest BCUT2D eigenvalue weighted by atomic mass is 9.90. The van der Waals surface area contributed by atoms with Crippen molar-refractivity contribution in [3.8, 4) is 33.6 Å². The molecular formula is C23H20N2. The number of aromatic amines is 2. The van der Waals surface area contributed by atoms with Crippen LogP contribution in [-0.4, -0.2) is 9.97 Å². The summed E-state index contributed by atoms with van der Waals surface area (Å²) < 4.78 is 0. The average Bonchev–Trinajstić information content (AvgIpc) is 3.32. The third-order valence-electron chi connectivity index (χ3n) is 5.42. The molecule has 2 nitrogen and oxygen atoms in total. The SMILES string of the molecule is Cc1cc[nH]c1-c1ccc2c(c1-c1[nH]ccc1C)Cc1ccccc1-2. The maximum absolute atomic E-state index is 3.49. The Morgan fingerprint density at radius 2 is 1.36 bits per heavy atom. The number of hydrogen-bond donors (Lipinski definition) is 2. The van der Waals surface area contributed by atoms with Crippen LogP contribution in [0.3, 0.4) is 0 Å². The number of H-pyrrole nitrogens is 2. The van der Waals surface area contributed by atoms with E-state index in [4.69, 9.17) is 0 Å². The highest BCUT2D eigenvalue weighted by Crippen LogP contribution is 2.46. The monoisotopic (exact) mass is 324 g/mol. The smallest absolute Gasteiger partial charge is 0.0493 e. The van der Waals surface area contributed by atoms with Crippen LogP contribution in [0.5, 0.6) is 0 Å². The molecule has 2 aromatic heterocycles. The molecule has 0 amide bonds. The minimum atomic E-state index is 0.993. The van der Waals surface area contributed by atoms with Crippen LogP contribution < -0.4 is 0 Å². The summed E-state index contributed by atoms with van der Waals surface area (Å²) in [6.45, 7) is 4.35. The minimum Gasteiger partial charge on any atom is -0.361 e. The Morgan fingerprint density at radius 1 is 0.680 bits per heavy atom. The molecule has 0 atom stereocenters. The van der Waals surface area contributed by atoms with Crippen LogP contribution in [-0.2, 0) is 6.42 Å². The molecule has 0 radical (unpaired) electrons. The Labute approximate surface area is 147 Å². The summed E-state index contributed by atoms with van der Waals surface area (Å²) in [4.78, 5) is 6.93. The van der Waals surface area contributed by atoms with Gasteiger partial charge < -0.3 is 9.97 Å². The van der Waals surface area contributed by atoms with E-state index in [1.807, 2.05) is 12.4 Å². The molecule has 1 aliphatic rings. The predicted octanol–water partition coefficient (Wildman–Crippen LogP) is 5.86. The Kier molecular flexibility index (Phi) is 3.01. The van der Waals surface area contributed by atoms with E-state index in [-0.39, 0.29) is 0 Å². The molecule has 5 rings (SSSR count). The fourth-order valence-corrected chi connectivity index (χ4v) is 4.16. The lowest BCUT2D eigenvalue weighted by molar-refractivity contribution is 1.24. The van der Waals surface area contributed by atoms with Gasteiger partial charge >= 0.3 is 0 Å². The van der Waals surface area contributed by atoms with Crippen molar-refractivity contribution in [1.82, 2.24) is 9.97 Å². The Morgan fingerprint density at radius 3 is 2.08 bits per heavy atom. The molecule has 25 heavy (non-hydrogen) atoms. The summed E-state index contributed by atoms with van der Waals surface area (Å²) in [5.74, 6) is 0. The molecule has 122 valence electrons. The van der Waals surface area contributed by atoms with E-state index in [2.05, 4.69) is 72.3 Å². The topological polar surface area (TPSA) is 31.6 Å². The first-order valence-electron chi connectivity index (χ1n) is 8.77. The highest BCUT2D eigenvalue weighted by atomic mass is 14.7. The summed E-state index contributed by atoms with van der Waals surface area (Å²) in [6.07, 6.45) is 5.06. The van der Waals surface area contributed by atoms with E-state index >= 15 is 0 Å². The Bertz CT molecular complexity index is 1090. The van der Waals surface area contributed by atoms with E-state index in [0.717, 1.165) is 6.42 Å². The van der Waals surface area contributed by atoms with Crippen molar-refractivity contribution in [3.63, 3.8) is 0 Å². The van der Waals surface area contributed by atoms with Crippen molar-refractivity contribution in [3.05, 3.63) is 83.2 Å². The minimum absolute atomic E-state index is 0.993. The van der Waals surface area contributed by atoms with Gasteiger partial charge in [0.15, 0.2) is 0 Å². The highest BCUT2D eigenvalue weighted by molar-refractivity contribution is 5.93. The first kappa shape index (κ1) is 14.4. The van der Waals surface area contributed by atoms with E-state index < -0.39 is 0 Å². The van der Waals surface area contributed by atoms with Gasteiger partial charge in [-0.2, -0.15) is 0 Å². The molecular weight excluding hydrogens is 304 g/mol. The van der Waals surface area contributed by atoms with Crippen molar-refractivity contribution in [2.75, 3.05) is 0 Å². The lowest BCUT2D eigenvalue weighted by Gasteiger charge is -2.15. The molecule has 0 bridgehead atoms. The zero-order valence-electron chi connectivity index (χ0n) is 14.5. The number of rotatable bonds is 2. The average molecular weight is 324 g/mol. The van der Waals surface area contributed by atoms with Gasteiger partial charge in [-0.25, -0.2) is 0 Å². The van der Waals surface area contributed by atoms with Gasteiger partial charge in [-0.05, 0) is 65.8 Å². The molecule has 0 unspecified atom stereocenters. The zero-order chi connectivity index (χ0) is 17.0. The molecule has 1 aliphatic carbocycles. The fourth-order valence-electron chi connectivity index (χ4n) is 4.16. The number of aromatic nitrogens is 2. The molecule has 2 N–H and O–H groups in total. The number of benzene rings is 2. The third-order valence-corrected chi connectivity index (χ3v) is 5.42. The number of nitrogens with one attached hydrogen (secondary N) is 2. The second kappa shape index (κ2) is 5.25. The van der Waals surface area contributed by atoms with Gasteiger partial charge in [0.25, 0.3) is 0 Å². The van der Waals surface area contributed by atoms with Crippen LogP contribution in [0.25, 0.3) is 33.6 Å². The number of hydrogen-bond acceptors (Lipinski definition) is 0. The molecule has 2 heteroatoms. The van der Waals surface area contributed by atoms with Gasteiger partial charge in [-0.3, -0.25) is 0 Å². The molecule has 0 fully saturated rings. The van der Waals surface area contributed by atoms with E-state index in [1.165, 1.54) is 55.9 Å². The second-order valence-corrected chi connectivity index (χ2v) is 6.92. The summed E-state index contributed by atoms with van der Waals surface area (Å²) in [6, 6.07) is 17.6. The first-order valence-corrected chi connectivity index (χ1v) is 8.77. The second-order valence-electron chi connectivity index (χ2n) is 6.92. The van der Waals surface area contributed by atoms with Crippen molar-refractivity contribution in [2.45, 2.75) is 20.3 Å². The largest absolute Gasteiger partial charge is 0.361 e. The maximum atomic E-state index is 3.49. The summed E-state index contributed by atoms with van der Waals surface area (Å²) in [5, 5.41) is 0. The van der Waals surface area contributed by atoms with Gasteiger partial charge in [0.05, 0.1) is 0 Å². The van der Waals surface area contributed by atoms with Gasteiger partial charge in [0.1, 0.15) is 0 Å². The summed E-state index contributed by atoms with van der Waals surface area (Å²) >= 11 is 0. The highest BCUT2D eigenvalue weighted by Gasteiger charge is 2.25. The molecule has 0 saturated carbocycles. The van der Waals surface area contributed by atoms with Crippen LogP contribution in [0, 0.1) is 13.8 Å². The molecule has 2 heterocycles. The number of fused-ring (bicyclic) bond motifs is 3. The zero-order valence-corrected chi connectivity index (χ0v) is 14.5. The third kappa shape index (κ3) is 2.04. The quantitative estimate of drug-likeness (QED) is 0.407. The van der Waals surface area contributed by atoms with E-state index in [1.54, 1.807) is 0 Å². The van der Waals surface area contributed by atoms with Crippen molar-refractivity contribution in [2.24, 2.45) is 0 Å². The summed E-state index contributed by atoms with van der Waals surface area (Å²) in [5.41, 5.74) is 13.2. The Balaban J connectivity index is 1.85. The van der Waals surface area contributed by atoms with Crippen molar-refractivity contribution in [1.29, 1.82) is 0 Å². The van der Waals surface area contributed by atoms with Crippen LogP contribution in [0.2, 0.25) is 0 Å². The first-order chi connectivity index (χ1) is 12.2. The molecule has 0 saturated heterocycles. The predicted molar refractivity (Wildman–Crippen MR) is 104 cm³/mol. The normalized spacial score (nSPS) is 12.2. The van der Waals surface area contributed by atoms with Gasteiger partial charge in [0.2, 0.25) is 0 Å². The van der Waals surface area contributed by atoms with Crippen LogP contribution in [0.15, 0.2) is 60.9 Å². The molecule has 0 spiro atoms. The van der Waals surface area contributed by atoms with Gasteiger partial charge in [-0.15, -0.1) is 0 Å². The van der Waals surface area contributed by atoms with Gasteiger partial charge in [-0.1, -0.05) is 36.4 Å². The molecule has 2 aromatic carbocycles. The van der Waals surface area contributed by atoms with Gasteiger partial charge in [0, 0.05) is 34.9 Å². The van der Waals surface area contributed by atoms with E-state index in [9.17, 15) is 0 Å².